The highest BCUT2D eigenvalue weighted by Gasteiger charge is 2.02. The minimum Gasteiger partial charge on any atom is -0.490 e. The molecule has 2 N–H and O–H groups in total. The minimum atomic E-state index is -0.359. The summed E-state index contributed by atoms with van der Waals surface area (Å²) in [6.45, 7) is 2.77. The summed E-state index contributed by atoms with van der Waals surface area (Å²) in [6.07, 6.45) is 0.845. The van der Waals surface area contributed by atoms with Gasteiger partial charge in [0.1, 0.15) is 0 Å². The predicted molar refractivity (Wildman–Crippen MR) is 58.1 cm³/mol. The van der Waals surface area contributed by atoms with Crippen molar-refractivity contribution in [2.75, 3.05) is 13.2 Å². The summed E-state index contributed by atoms with van der Waals surface area (Å²) < 4.78 is 18.4. The fourth-order valence-electron chi connectivity index (χ4n) is 1.06. The van der Waals surface area contributed by atoms with Crippen molar-refractivity contribution in [3.63, 3.8) is 0 Å². The standard InChI is InChI=1S/C12H14FNO/c1-2-8-15-12-9-10(4-3-7-14)5-6-11(12)13/h5-6,9H,2,7-8,14H2,1H3. The Hall–Kier alpha value is -1.53. The number of benzene rings is 1. The first-order valence-electron chi connectivity index (χ1n) is 4.89. The van der Waals surface area contributed by atoms with Crippen LogP contribution in [0, 0.1) is 17.7 Å². The molecule has 0 fully saturated rings. The van der Waals surface area contributed by atoms with Crippen LogP contribution in [0.15, 0.2) is 18.2 Å². The van der Waals surface area contributed by atoms with E-state index in [1.165, 1.54) is 6.07 Å². The van der Waals surface area contributed by atoms with Crippen molar-refractivity contribution in [2.24, 2.45) is 5.73 Å². The van der Waals surface area contributed by atoms with E-state index in [9.17, 15) is 4.39 Å². The first-order chi connectivity index (χ1) is 7.27. The largest absolute Gasteiger partial charge is 0.490 e. The molecule has 0 heterocycles. The first kappa shape index (κ1) is 11.5. The average molecular weight is 207 g/mol. The SMILES string of the molecule is CCCOc1cc(C#CCN)ccc1F. The van der Waals surface area contributed by atoms with E-state index in [0.717, 1.165) is 6.42 Å². The minimum absolute atomic E-state index is 0.251. The van der Waals surface area contributed by atoms with Crippen molar-refractivity contribution in [2.45, 2.75) is 13.3 Å². The lowest BCUT2D eigenvalue weighted by molar-refractivity contribution is 0.301. The van der Waals surface area contributed by atoms with Gasteiger partial charge < -0.3 is 10.5 Å². The molecule has 0 radical (unpaired) electrons. The Balaban J connectivity index is 2.84. The molecule has 1 rings (SSSR count). The van der Waals surface area contributed by atoms with Crippen LogP contribution in [0.3, 0.4) is 0 Å². The Morgan fingerprint density at radius 3 is 2.93 bits per heavy atom. The molecule has 2 nitrogen and oxygen atoms in total. The number of nitrogens with two attached hydrogens (primary N) is 1. The fraction of sp³-hybridized carbons (Fsp3) is 0.333. The molecule has 0 bridgehead atoms. The number of hydrogen-bond donors (Lipinski definition) is 1. The van der Waals surface area contributed by atoms with Crippen LogP contribution in [0.1, 0.15) is 18.9 Å². The van der Waals surface area contributed by atoms with Gasteiger partial charge in [-0.15, -0.1) is 0 Å². The molecular formula is C12H14FNO. The molecule has 3 heteroatoms. The molecule has 0 saturated heterocycles. The second-order valence-electron chi connectivity index (χ2n) is 3.00. The van der Waals surface area contributed by atoms with E-state index in [-0.39, 0.29) is 11.6 Å². The lowest BCUT2D eigenvalue weighted by Crippen LogP contribution is -1.98. The van der Waals surface area contributed by atoms with E-state index in [4.69, 9.17) is 10.5 Å². The van der Waals surface area contributed by atoms with Crippen molar-refractivity contribution in [3.05, 3.63) is 29.6 Å². The summed E-state index contributed by atoms with van der Waals surface area (Å²) in [4.78, 5) is 0. The van der Waals surface area contributed by atoms with Crippen molar-refractivity contribution < 1.29 is 9.13 Å². The number of halogens is 1. The third-order valence-corrected chi connectivity index (χ3v) is 1.73. The molecule has 0 atom stereocenters. The molecule has 80 valence electrons. The van der Waals surface area contributed by atoms with Gasteiger partial charge in [0, 0.05) is 5.56 Å². The number of hydrogen-bond acceptors (Lipinski definition) is 2. The van der Waals surface area contributed by atoms with Crippen LogP contribution >= 0.6 is 0 Å². The summed E-state index contributed by atoms with van der Waals surface area (Å²) in [5.74, 6) is 5.42. The highest BCUT2D eigenvalue weighted by atomic mass is 19.1. The van der Waals surface area contributed by atoms with Crippen molar-refractivity contribution in [1.82, 2.24) is 0 Å². The molecular weight excluding hydrogens is 193 g/mol. The van der Waals surface area contributed by atoms with Gasteiger partial charge in [-0.2, -0.15) is 0 Å². The third kappa shape index (κ3) is 3.61. The molecule has 1 aromatic rings. The third-order valence-electron chi connectivity index (χ3n) is 1.73. The first-order valence-corrected chi connectivity index (χ1v) is 4.89. The Kier molecular flexibility index (Phi) is 4.65. The van der Waals surface area contributed by atoms with Gasteiger partial charge in [-0.25, -0.2) is 4.39 Å². The van der Waals surface area contributed by atoms with Gasteiger partial charge in [0.05, 0.1) is 13.2 Å². The Labute approximate surface area is 89.2 Å². The highest BCUT2D eigenvalue weighted by molar-refractivity contribution is 5.40. The Bertz CT molecular complexity index is 379. The molecule has 0 unspecified atom stereocenters. The van der Waals surface area contributed by atoms with Gasteiger partial charge in [0.25, 0.3) is 0 Å². The second-order valence-corrected chi connectivity index (χ2v) is 3.00. The van der Waals surface area contributed by atoms with Gasteiger partial charge in [-0.05, 0) is 24.6 Å². The van der Waals surface area contributed by atoms with E-state index < -0.39 is 0 Å². The second kappa shape index (κ2) is 6.05. The van der Waals surface area contributed by atoms with Gasteiger partial charge in [0.2, 0.25) is 0 Å². The van der Waals surface area contributed by atoms with Crippen LogP contribution in [-0.2, 0) is 0 Å². The maximum absolute atomic E-state index is 13.2. The van der Waals surface area contributed by atoms with Crippen molar-refractivity contribution >= 4 is 0 Å². The zero-order valence-electron chi connectivity index (χ0n) is 8.72. The summed E-state index contributed by atoms with van der Waals surface area (Å²) >= 11 is 0. The Morgan fingerprint density at radius 1 is 1.47 bits per heavy atom. The number of rotatable bonds is 3. The lowest BCUT2D eigenvalue weighted by atomic mass is 10.2. The monoisotopic (exact) mass is 207 g/mol. The normalized spacial score (nSPS) is 9.27. The average Bonchev–Trinajstić information content (AvgIpc) is 2.26. The lowest BCUT2D eigenvalue weighted by Gasteiger charge is -2.05. The maximum atomic E-state index is 13.2. The molecule has 0 saturated carbocycles. The Morgan fingerprint density at radius 2 is 2.27 bits per heavy atom. The van der Waals surface area contributed by atoms with Crippen LogP contribution in [0.4, 0.5) is 4.39 Å². The summed E-state index contributed by atoms with van der Waals surface area (Å²) in [5.41, 5.74) is 5.96. The van der Waals surface area contributed by atoms with Crippen LogP contribution in [0.25, 0.3) is 0 Å². The van der Waals surface area contributed by atoms with E-state index in [1.54, 1.807) is 12.1 Å². The van der Waals surface area contributed by atoms with Gasteiger partial charge in [-0.1, -0.05) is 18.8 Å². The van der Waals surface area contributed by atoms with E-state index >= 15 is 0 Å². The highest BCUT2D eigenvalue weighted by Crippen LogP contribution is 2.18. The maximum Gasteiger partial charge on any atom is 0.165 e. The molecule has 0 aliphatic rings. The van der Waals surface area contributed by atoms with Gasteiger partial charge in [0.15, 0.2) is 11.6 Å². The fourth-order valence-corrected chi connectivity index (χ4v) is 1.06. The van der Waals surface area contributed by atoms with Crippen LogP contribution < -0.4 is 10.5 Å². The van der Waals surface area contributed by atoms with E-state index in [2.05, 4.69) is 11.8 Å². The predicted octanol–water partition coefficient (Wildman–Crippen LogP) is 1.92. The van der Waals surface area contributed by atoms with Gasteiger partial charge in [-0.3, -0.25) is 0 Å². The smallest absolute Gasteiger partial charge is 0.165 e. The van der Waals surface area contributed by atoms with Gasteiger partial charge >= 0.3 is 0 Å². The zero-order valence-corrected chi connectivity index (χ0v) is 8.72. The van der Waals surface area contributed by atoms with Crippen molar-refractivity contribution in [3.8, 4) is 17.6 Å². The molecule has 0 aliphatic heterocycles. The summed E-state index contributed by atoms with van der Waals surface area (Å²) in [7, 11) is 0. The molecule has 0 amide bonds. The van der Waals surface area contributed by atoms with Crippen LogP contribution in [0.2, 0.25) is 0 Å². The van der Waals surface area contributed by atoms with E-state index in [1.807, 2.05) is 6.92 Å². The molecule has 0 aromatic heterocycles. The molecule has 1 aromatic carbocycles. The number of ether oxygens (including phenoxy) is 1. The summed E-state index contributed by atoms with van der Waals surface area (Å²) in [6, 6.07) is 4.55. The van der Waals surface area contributed by atoms with Crippen molar-refractivity contribution in [1.29, 1.82) is 0 Å². The van der Waals surface area contributed by atoms with Crippen LogP contribution in [-0.4, -0.2) is 13.2 Å². The van der Waals surface area contributed by atoms with E-state index in [0.29, 0.717) is 18.7 Å². The topological polar surface area (TPSA) is 35.2 Å². The molecule has 15 heavy (non-hydrogen) atoms. The van der Waals surface area contributed by atoms with Crippen LogP contribution in [0.5, 0.6) is 5.75 Å². The summed E-state index contributed by atoms with van der Waals surface area (Å²) in [5, 5.41) is 0. The quantitative estimate of drug-likeness (QED) is 0.768. The molecule has 0 aliphatic carbocycles. The zero-order chi connectivity index (χ0) is 11.1. The molecule has 0 spiro atoms.